The van der Waals surface area contributed by atoms with Gasteiger partial charge in [0.1, 0.15) is 0 Å². The Balaban J connectivity index is 1.77. The normalized spacial score (nSPS) is 12.2. The van der Waals surface area contributed by atoms with E-state index in [4.69, 9.17) is 4.74 Å². The molecule has 0 aromatic heterocycles. The molecule has 178 valence electrons. The van der Waals surface area contributed by atoms with Gasteiger partial charge in [-0.15, -0.1) is 0 Å². The van der Waals surface area contributed by atoms with Gasteiger partial charge in [-0.05, 0) is 44.5 Å². The summed E-state index contributed by atoms with van der Waals surface area (Å²) in [6.45, 7) is 2.85. The molecule has 0 aliphatic heterocycles. The van der Waals surface area contributed by atoms with Gasteiger partial charge in [-0.2, -0.15) is 0 Å². The zero-order valence-corrected chi connectivity index (χ0v) is 19.3. The average molecular weight is 480 g/mol. The van der Waals surface area contributed by atoms with Crippen molar-refractivity contribution in [2.75, 3.05) is 13.6 Å². The first-order valence-corrected chi connectivity index (χ1v) is 11.5. The number of nitrogens with one attached hydrogen (secondary N) is 2. The number of rotatable bonds is 10. The number of carbonyl (C=O) groups is 3. The third-order valence-corrected chi connectivity index (χ3v) is 6.55. The number of benzene rings is 2. The Morgan fingerprint density at radius 3 is 2.30 bits per heavy atom. The molecular formula is C22H26FN3O6S. The van der Waals surface area contributed by atoms with Crippen LogP contribution in [0.1, 0.15) is 37.0 Å². The maximum Gasteiger partial charge on any atom is 0.279 e. The zero-order chi connectivity index (χ0) is 24.6. The second-order valence-corrected chi connectivity index (χ2v) is 9.28. The SMILES string of the molecule is CC(=O)c1ccc(S(=O)(=O)N(C)CCCC(=O)NNC(=O)C(C)Oc2ccccc2F)cc1. The number of amides is 2. The number of sulfonamides is 1. The van der Waals surface area contributed by atoms with Crippen LogP contribution in [0.15, 0.2) is 53.4 Å². The van der Waals surface area contributed by atoms with E-state index in [9.17, 15) is 27.2 Å². The second kappa shape index (κ2) is 11.5. The Bertz CT molecular complexity index is 1110. The van der Waals surface area contributed by atoms with Crippen LogP contribution in [0.5, 0.6) is 5.75 Å². The number of para-hydroxylation sites is 1. The first-order chi connectivity index (χ1) is 15.5. The van der Waals surface area contributed by atoms with E-state index >= 15 is 0 Å². The van der Waals surface area contributed by atoms with Crippen LogP contribution >= 0.6 is 0 Å². The Kier molecular flexibility index (Phi) is 9.06. The first kappa shape index (κ1) is 25.9. The summed E-state index contributed by atoms with van der Waals surface area (Å²) in [6.07, 6.45) is -0.913. The fourth-order valence-corrected chi connectivity index (χ4v) is 3.91. The van der Waals surface area contributed by atoms with E-state index in [0.29, 0.717) is 5.56 Å². The van der Waals surface area contributed by atoms with Gasteiger partial charge in [-0.25, -0.2) is 17.1 Å². The predicted molar refractivity (Wildman–Crippen MR) is 118 cm³/mol. The predicted octanol–water partition coefficient (Wildman–Crippen LogP) is 2.04. The van der Waals surface area contributed by atoms with Crippen LogP contribution in [0.3, 0.4) is 0 Å². The van der Waals surface area contributed by atoms with Crippen molar-refractivity contribution in [2.45, 2.75) is 37.7 Å². The van der Waals surface area contributed by atoms with E-state index in [1.54, 1.807) is 6.07 Å². The van der Waals surface area contributed by atoms with Crippen LogP contribution in [-0.2, 0) is 19.6 Å². The third-order valence-electron chi connectivity index (χ3n) is 4.68. The molecule has 9 nitrogen and oxygen atoms in total. The van der Waals surface area contributed by atoms with Gasteiger partial charge in [-0.3, -0.25) is 25.2 Å². The van der Waals surface area contributed by atoms with E-state index in [-0.39, 0.29) is 35.8 Å². The molecule has 0 spiro atoms. The molecule has 11 heteroatoms. The summed E-state index contributed by atoms with van der Waals surface area (Å²) in [4.78, 5) is 35.3. The van der Waals surface area contributed by atoms with E-state index in [2.05, 4.69) is 10.9 Å². The van der Waals surface area contributed by atoms with Gasteiger partial charge in [0.05, 0.1) is 4.90 Å². The molecule has 0 saturated carbocycles. The van der Waals surface area contributed by atoms with E-state index < -0.39 is 33.8 Å². The van der Waals surface area contributed by atoms with E-state index in [0.717, 1.165) is 4.31 Å². The van der Waals surface area contributed by atoms with Crippen LogP contribution in [0.2, 0.25) is 0 Å². The minimum Gasteiger partial charge on any atom is -0.478 e. The standard InChI is InChI=1S/C22H26FN3O6S/c1-15(27)17-10-12-18(13-11-17)33(30,31)26(3)14-6-9-21(28)24-25-22(29)16(2)32-20-8-5-4-7-19(20)23/h4-5,7-8,10-13,16H,6,9,14H2,1-3H3,(H,24,28)(H,25,29). The average Bonchev–Trinajstić information content (AvgIpc) is 2.78. The highest BCUT2D eigenvalue weighted by Gasteiger charge is 2.21. The molecule has 0 fully saturated rings. The van der Waals surface area contributed by atoms with Gasteiger partial charge in [0.2, 0.25) is 15.9 Å². The van der Waals surface area contributed by atoms with Crippen LogP contribution in [-0.4, -0.2) is 50.0 Å². The minimum absolute atomic E-state index is 0.0376. The van der Waals surface area contributed by atoms with Gasteiger partial charge in [0.15, 0.2) is 23.5 Å². The number of hydrazine groups is 1. The smallest absolute Gasteiger partial charge is 0.279 e. The lowest BCUT2D eigenvalue weighted by molar-refractivity contribution is -0.132. The molecule has 33 heavy (non-hydrogen) atoms. The largest absolute Gasteiger partial charge is 0.478 e. The summed E-state index contributed by atoms with van der Waals surface area (Å²) < 4.78 is 45.1. The van der Waals surface area contributed by atoms with Gasteiger partial charge in [-0.1, -0.05) is 24.3 Å². The number of hydrogen-bond acceptors (Lipinski definition) is 6. The molecule has 2 N–H and O–H groups in total. The van der Waals surface area contributed by atoms with Crippen LogP contribution in [0.4, 0.5) is 4.39 Å². The third kappa shape index (κ3) is 7.36. The van der Waals surface area contributed by atoms with Crippen molar-refractivity contribution in [1.82, 2.24) is 15.2 Å². The molecule has 2 amide bonds. The highest BCUT2D eigenvalue weighted by Crippen LogP contribution is 2.17. The number of nitrogens with zero attached hydrogens (tertiary/aromatic N) is 1. The van der Waals surface area contributed by atoms with Crippen LogP contribution in [0, 0.1) is 5.82 Å². The quantitative estimate of drug-likeness (QED) is 0.397. The van der Waals surface area contributed by atoms with E-state index in [1.165, 1.54) is 63.4 Å². The van der Waals surface area contributed by atoms with Crippen molar-refractivity contribution >= 4 is 27.6 Å². The molecule has 2 aromatic carbocycles. The Morgan fingerprint density at radius 1 is 1.06 bits per heavy atom. The maximum absolute atomic E-state index is 13.6. The lowest BCUT2D eigenvalue weighted by atomic mass is 10.2. The van der Waals surface area contributed by atoms with Crippen LogP contribution < -0.4 is 15.6 Å². The molecule has 2 rings (SSSR count). The number of Topliss-reactive ketones (excluding diaryl/α,β-unsaturated/α-hetero) is 1. The van der Waals surface area contributed by atoms with Crippen molar-refractivity contribution in [3.63, 3.8) is 0 Å². The first-order valence-electron chi connectivity index (χ1n) is 10.1. The monoisotopic (exact) mass is 479 g/mol. The van der Waals surface area contributed by atoms with Crippen molar-refractivity contribution in [2.24, 2.45) is 0 Å². The highest BCUT2D eigenvalue weighted by atomic mass is 32.2. The number of ether oxygens (including phenoxy) is 1. The van der Waals surface area contributed by atoms with Gasteiger partial charge >= 0.3 is 0 Å². The molecule has 2 aromatic rings. The summed E-state index contributed by atoms with van der Waals surface area (Å²) in [7, 11) is -2.39. The summed E-state index contributed by atoms with van der Waals surface area (Å²) in [5.74, 6) is -2.08. The second-order valence-electron chi connectivity index (χ2n) is 7.24. The molecule has 0 radical (unpaired) electrons. The van der Waals surface area contributed by atoms with Crippen molar-refractivity contribution < 1.29 is 31.9 Å². The molecule has 1 unspecified atom stereocenters. The lowest BCUT2D eigenvalue weighted by Gasteiger charge is -2.18. The van der Waals surface area contributed by atoms with Gasteiger partial charge < -0.3 is 4.74 Å². The lowest BCUT2D eigenvalue weighted by Crippen LogP contribution is -2.47. The molecule has 0 aliphatic rings. The molecule has 0 saturated heterocycles. The summed E-state index contributed by atoms with van der Waals surface area (Å²) in [5.41, 5.74) is 4.80. The zero-order valence-electron chi connectivity index (χ0n) is 18.5. The molecule has 0 bridgehead atoms. The number of ketones is 1. The summed E-state index contributed by atoms with van der Waals surface area (Å²) in [5, 5.41) is 0. The van der Waals surface area contributed by atoms with Crippen molar-refractivity contribution in [3.05, 3.63) is 59.9 Å². The fourth-order valence-electron chi connectivity index (χ4n) is 2.70. The minimum atomic E-state index is -3.78. The Labute approximate surface area is 191 Å². The summed E-state index contributed by atoms with van der Waals surface area (Å²) >= 11 is 0. The van der Waals surface area contributed by atoms with Gasteiger partial charge in [0, 0.05) is 25.6 Å². The summed E-state index contributed by atoms with van der Waals surface area (Å²) in [6, 6.07) is 11.2. The maximum atomic E-state index is 13.6. The number of carbonyl (C=O) groups excluding carboxylic acids is 3. The number of hydrogen-bond donors (Lipinski definition) is 2. The molecule has 1 atom stereocenters. The Hall–Kier alpha value is -3.31. The Morgan fingerprint density at radius 2 is 1.70 bits per heavy atom. The highest BCUT2D eigenvalue weighted by molar-refractivity contribution is 7.89. The van der Waals surface area contributed by atoms with Crippen LogP contribution in [0.25, 0.3) is 0 Å². The van der Waals surface area contributed by atoms with E-state index in [1.807, 2.05) is 0 Å². The molecular weight excluding hydrogens is 453 g/mol. The van der Waals surface area contributed by atoms with Gasteiger partial charge in [0.25, 0.3) is 5.91 Å². The molecule has 0 aliphatic carbocycles. The number of halogens is 1. The topological polar surface area (TPSA) is 122 Å². The van der Waals surface area contributed by atoms with Crippen molar-refractivity contribution in [1.29, 1.82) is 0 Å². The molecule has 0 heterocycles. The fraction of sp³-hybridized carbons (Fsp3) is 0.318. The van der Waals surface area contributed by atoms with Crippen molar-refractivity contribution in [3.8, 4) is 5.75 Å².